The summed E-state index contributed by atoms with van der Waals surface area (Å²) in [7, 11) is 0. The molecule has 0 radical (unpaired) electrons. The van der Waals surface area contributed by atoms with Crippen molar-refractivity contribution >= 4 is 15.9 Å². The fourth-order valence-corrected chi connectivity index (χ4v) is 4.26. The molecule has 2 unspecified atom stereocenters. The van der Waals surface area contributed by atoms with Gasteiger partial charge < -0.3 is 5.73 Å². The van der Waals surface area contributed by atoms with E-state index in [9.17, 15) is 0 Å². The summed E-state index contributed by atoms with van der Waals surface area (Å²) in [5.74, 6) is 0.802. The van der Waals surface area contributed by atoms with Crippen LogP contribution in [0.2, 0.25) is 0 Å². The van der Waals surface area contributed by atoms with Gasteiger partial charge in [0.2, 0.25) is 0 Å². The van der Waals surface area contributed by atoms with E-state index in [2.05, 4.69) is 41.4 Å². The Hall–Kier alpha value is -0.350. The lowest BCUT2D eigenvalue weighted by Gasteiger charge is -2.38. The van der Waals surface area contributed by atoms with Crippen LogP contribution in [-0.4, -0.2) is 15.3 Å². The van der Waals surface area contributed by atoms with E-state index in [1.807, 2.05) is 0 Å². The van der Waals surface area contributed by atoms with E-state index in [0.29, 0.717) is 0 Å². The minimum absolute atomic E-state index is 0.0423. The number of aryl methyl sites for hydroxylation is 2. The summed E-state index contributed by atoms with van der Waals surface area (Å²) in [6.07, 6.45) is 8.10. The van der Waals surface area contributed by atoms with Gasteiger partial charge in [-0.2, -0.15) is 5.10 Å². The molecule has 1 fully saturated rings. The zero-order valence-electron chi connectivity index (χ0n) is 13.1. The number of nitrogens with two attached hydrogens (primary N) is 1. The van der Waals surface area contributed by atoms with E-state index in [1.54, 1.807) is 0 Å². The van der Waals surface area contributed by atoms with Crippen molar-refractivity contribution in [2.24, 2.45) is 11.7 Å². The molecule has 1 heterocycles. The minimum atomic E-state index is -0.0423. The van der Waals surface area contributed by atoms with Gasteiger partial charge in [-0.05, 0) is 48.0 Å². The Labute approximate surface area is 131 Å². The maximum atomic E-state index is 6.74. The first kappa shape index (κ1) is 16.0. The largest absolute Gasteiger partial charge is 0.325 e. The first-order chi connectivity index (χ1) is 9.53. The Morgan fingerprint density at radius 2 is 2.15 bits per heavy atom. The van der Waals surface area contributed by atoms with Crippen molar-refractivity contribution in [1.82, 2.24) is 9.78 Å². The van der Waals surface area contributed by atoms with E-state index < -0.39 is 0 Å². The molecule has 0 aliphatic heterocycles. The van der Waals surface area contributed by atoms with E-state index in [0.717, 1.165) is 43.8 Å². The second-order valence-corrected chi connectivity index (χ2v) is 7.08. The zero-order chi connectivity index (χ0) is 14.8. The van der Waals surface area contributed by atoms with Gasteiger partial charge in [0.25, 0.3) is 0 Å². The van der Waals surface area contributed by atoms with Crippen LogP contribution in [0.25, 0.3) is 0 Å². The fourth-order valence-electron chi connectivity index (χ4n) is 3.55. The molecule has 0 amide bonds. The van der Waals surface area contributed by atoms with Crippen molar-refractivity contribution in [1.29, 1.82) is 0 Å². The lowest BCUT2D eigenvalue weighted by molar-refractivity contribution is 0.215. The van der Waals surface area contributed by atoms with Crippen LogP contribution >= 0.6 is 15.9 Å². The van der Waals surface area contributed by atoms with Gasteiger partial charge in [0.15, 0.2) is 0 Å². The second kappa shape index (κ2) is 6.61. The van der Waals surface area contributed by atoms with Crippen molar-refractivity contribution in [3.63, 3.8) is 0 Å². The highest BCUT2D eigenvalue weighted by atomic mass is 79.9. The first-order valence-corrected chi connectivity index (χ1v) is 8.85. The first-order valence-electron chi connectivity index (χ1n) is 8.05. The Morgan fingerprint density at radius 1 is 1.40 bits per heavy atom. The summed E-state index contributed by atoms with van der Waals surface area (Å²) in [6.45, 7) is 7.52. The van der Waals surface area contributed by atoms with Gasteiger partial charge in [0.1, 0.15) is 0 Å². The average Bonchev–Trinajstić information content (AvgIpc) is 2.74. The van der Waals surface area contributed by atoms with Crippen molar-refractivity contribution < 1.29 is 0 Å². The molecule has 3 nitrogen and oxygen atoms in total. The highest BCUT2D eigenvalue weighted by Crippen LogP contribution is 2.36. The molecule has 1 aromatic heterocycles. The molecular formula is C16H28BrN3. The number of hydrogen-bond donors (Lipinski definition) is 1. The smallest absolute Gasteiger partial charge is 0.0766 e. The van der Waals surface area contributed by atoms with Crippen LogP contribution in [0.15, 0.2) is 4.47 Å². The molecule has 1 saturated carbocycles. The zero-order valence-corrected chi connectivity index (χ0v) is 14.7. The summed E-state index contributed by atoms with van der Waals surface area (Å²) >= 11 is 3.75. The Balaban J connectivity index is 2.22. The third-order valence-corrected chi connectivity index (χ3v) is 5.69. The number of aromatic nitrogens is 2. The predicted octanol–water partition coefficient (Wildman–Crippen LogP) is 4.07. The molecule has 0 bridgehead atoms. The van der Waals surface area contributed by atoms with Gasteiger partial charge in [-0.15, -0.1) is 0 Å². The maximum Gasteiger partial charge on any atom is 0.0766 e. The normalized spacial score (nSPS) is 26.9. The summed E-state index contributed by atoms with van der Waals surface area (Å²) in [4.78, 5) is 0. The number of hydrogen-bond acceptors (Lipinski definition) is 2. The van der Waals surface area contributed by atoms with Crippen molar-refractivity contribution in [3.05, 3.63) is 15.9 Å². The standard InChI is InChI=1S/C16H28BrN3/c1-4-12-8-7-9-16(18,10-12)11-14-15(17)13(5-2)19-20(14)6-3/h12H,4-11,18H2,1-3H3. The summed E-state index contributed by atoms with van der Waals surface area (Å²) < 4.78 is 3.32. The molecule has 4 heteroatoms. The second-order valence-electron chi connectivity index (χ2n) is 6.29. The maximum absolute atomic E-state index is 6.74. The van der Waals surface area contributed by atoms with Gasteiger partial charge in [0, 0.05) is 18.5 Å². The van der Waals surface area contributed by atoms with Crippen LogP contribution in [0.5, 0.6) is 0 Å². The van der Waals surface area contributed by atoms with Gasteiger partial charge in [-0.3, -0.25) is 4.68 Å². The summed E-state index contributed by atoms with van der Waals surface area (Å²) in [5.41, 5.74) is 9.15. The highest BCUT2D eigenvalue weighted by molar-refractivity contribution is 9.10. The van der Waals surface area contributed by atoms with Crippen LogP contribution < -0.4 is 5.73 Å². The van der Waals surface area contributed by atoms with Gasteiger partial charge in [-0.1, -0.05) is 33.1 Å². The lowest BCUT2D eigenvalue weighted by Crippen LogP contribution is -2.46. The van der Waals surface area contributed by atoms with Crippen LogP contribution in [0.3, 0.4) is 0 Å². The lowest BCUT2D eigenvalue weighted by atomic mass is 9.73. The molecule has 2 atom stereocenters. The summed E-state index contributed by atoms with van der Waals surface area (Å²) in [6, 6.07) is 0. The monoisotopic (exact) mass is 341 g/mol. The van der Waals surface area contributed by atoms with Crippen molar-refractivity contribution in [2.45, 2.75) is 77.8 Å². The molecule has 0 spiro atoms. The molecular weight excluding hydrogens is 314 g/mol. The third kappa shape index (κ3) is 3.28. The number of nitrogens with zero attached hydrogens (tertiary/aromatic N) is 2. The van der Waals surface area contributed by atoms with Crippen LogP contribution in [0, 0.1) is 5.92 Å². The van der Waals surface area contributed by atoms with E-state index >= 15 is 0 Å². The molecule has 0 aromatic carbocycles. The SMILES string of the molecule is CCc1nn(CC)c(CC2(N)CCCC(CC)C2)c1Br. The van der Waals surface area contributed by atoms with Crippen LogP contribution in [0.4, 0.5) is 0 Å². The Morgan fingerprint density at radius 3 is 2.75 bits per heavy atom. The molecule has 2 rings (SSSR count). The van der Waals surface area contributed by atoms with Crippen molar-refractivity contribution in [2.75, 3.05) is 0 Å². The number of halogens is 1. The quantitative estimate of drug-likeness (QED) is 0.877. The Kier molecular flexibility index (Phi) is 5.30. The van der Waals surface area contributed by atoms with Crippen molar-refractivity contribution in [3.8, 4) is 0 Å². The van der Waals surface area contributed by atoms with Crippen LogP contribution in [-0.2, 0) is 19.4 Å². The molecule has 1 aliphatic rings. The van der Waals surface area contributed by atoms with E-state index in [1.165, 1.54) is 29.4 Å². The van der Waals surface area contributed by atoms with Gasteiger partial charge in [-0.25, -0.2) is 0 Å². The highest BCUT2D eigenvalue weighted by Gasteiger charge is 2.34. The predicted molar refractivity (Wildman–Crippen MR) is 87.9 cm³/mol. The molecule has 1 aromatic rings. The average molecular weight is 342 g/mol. The number of rotatable bonds is 5. The van der Waals surface area contributed by atoms with Gasteiger partial charge >= 0.3 is 0 Å². The minimum Gasteiger partial charge on any atom is -0.325 e. The third-order valence-electron chi connectivity index (χ3n) is 4.77. The van der Waals surface area contributed by atoms with Gasteiger partial charge in [0.05, 0.1) is 15.9 Å². The van der Waals surface area contributed by atoms with E-state index in [-0.39, 0.29) is 5.54 Å². The topological polar surface area (TPSA) is 43.8 Å². The molecule has 2 N–H and O–H groups in total. The Bertz CT molecular complexity index is 455. The fraction of sp³-hybridized carbons (Fsp3) is 0.812. The molecule has 20 heavy (non-hydrogen) atoms. The van der Waals surface area contributed by atoms with Crippen LogP contribution in [0.1, 0.15) is 64.3 Å². The van der Waals surface area contributed by atoms with E-state index in [4.69, 9.17) is 10.8 Å². The molecule has 114 valence electrons. The summed E-state index contributed by atoms with van der Waals surface area (Å²) in [5, 5.41) is 4.70. The molecule has 0 saturated heterocycles. The molecule has 1 aliphatic carbocycles.